The number of hydrogen-bond acceptors (Lipinski definition) is 0. The summed E-state index contributed by atoms with van der Waals surface area (Å²) >= 11 is 0. The molecular weight excluding hydrogens is 432 g/mol. The second kappa shape index (κ2) is 16.0. The summed E-state index contributed by atoms with van der Waals surface area (Å²) in [5.74, 6) is 0.917. The standard InChI is InChI=1S/C30H32.3C2H6/c1-5-9-15-22(6-2)26-20-30(21-27(26)23-16-11-10-12-17-23)28(8-4)24(7-3)25-18-13-14-19-29(25)30;3*1-2/h5-19,26-27H,2,20-21H2,1,3-4H3;3*1-2H3/b9-5-,22-15+,24-7-,28-8+;;;. The monoisotopic (exact) mass is 482 g/mol. The zero-order valence-corrected chi connectivity index (χ0v) is 24.4. The highest BCUT2D eigenvalue weighted by molar-refractivity contribution is 5.90. The van der Waals surface area contributed by atoms with E-state index in [4.69, 9.17) is 0 Å². The van der Waals surface area contributed by atoms with E-state index in [-0.39, 0.29) is 5.41 Å². The van der Waals surface area contributed by atoms with Crippen molar-refractivity contribution in [3.8, 4) is 0 Å². The fourth-order valence-electron chi connectivity index (χ4n) is 5.94. The minimum atomic E-state index is 0.0659. The van der Waals surface area contributed by atoms with Crippen LogP contribution in [0.3, 0.4) is 0 Å². The van der Waals surface area contributed by atoms with E-state index in [2.05, 4.69) is 118 Å². The van der Waals surface area contributed by atoms with Gasteiger partial charge in [-0.25, -0.2) is 0 Å². The van der Waals surface area contributed by atoms with Gasteiger partial charge in [0.25, 0.3) is 0 Å². The van der Waals surface area contributed by atoms with Gasteiger partial charge in [0.05, 0.1) is 0 Å². The van der Waals surface area contributed by atoms with Crippen LogP contribution in [-0.4, -0.2) is 0 Å². The highest BCUT2D eigenvalue weighted by Gasteiger charge is 2.53. The molecule has 1 fully saturated rings. The molecule has 3 unspecified atom stereocenters. The van der Waals surface area contributed by atoms with Crippen molar-refractivity contribution in [2.75, 3.05) is 0 Å². The summed E-state index contributed by atoms with van der Waals surface area (Å²) in [5.41, 5.74) is 8.69. The molecule has 0 aliphatic heterocycles. The second-order valence-corrected chi connectivity index (χ2v) is 8.46. The first kappa shape index (κ1) is 31.2. The quantitative estimate of drug-likeness (QED) is 0.380. The van der Waals surface area contributed by atoms with Crippen LogP contribution >= 0.6 is 0 Å². The number of rotatable bonds is 4. The van der Waals surface area contributed by atoms with Gasteiger partial charge >= 0.3 is 0 Å². The Morgan fingerprint density at radius 2 is 1.42 bits per heavy atom. The van der Waals surface area contributed by atoms with Crippen LogP contribution < -0.4 is 0 Å². The van der Waals surface area contributed by atoms with Gasteiger partial charge in [-0.3, -0.25) is 0 Å². The Labute approximate surface area is 223 Å². The number of fused-ring (bicyclic) bond motifs is 2. The van der Waals surface area contributed by atoms with Crippen LogP contribution in [0.4, 0.5) is 0 Å². The second-order valence-electron chi connectivity index (χ2n) is 8.46. The summed E-state index contributed by atoms with van der Waals surface area (Å²) in [6, 6.07) is 20.1. The molecule has 1 spiro atoms. The van der Waals surface area contributed by atoms with Gasteiger partial charge in [0, 0.05) is 5.41 Å². The van der Waals surface area contributed by atoms with Crippen molar-refractivity contribution >= 4 is 5.57 Å². The fourth-order valence-corrected chi connectivity index (χ4v) is 5.94. The Balaban J connectivity index is 0.00000101. The van der Waals surface area contributed by atoms with Gasteiger partial charge in [0.15, 0.2) is 0 Å². The minimum Gasteiger partial charge on any atom is -0.0988 e. The van der Waals surface area contributed by atoms with E-state index in [9.17, 15) is 0 Å². The molecule has 0 saturated heterocycles. The molecular formula is C36H50. The molecule has 2 aromatic rings. The lowest BCUT2D eigenvalue weighted by molar-refractivity contribution is 0.526. The molecule has 0 amide bonds. The molecule has 1 saturated carbocycles. The van der Waals surface area contributed by atoms with Crippen LogP contribution in [0.5, 0.6) is 0 Å². The Bertz CT molecular complexity index is 1040. The summed E-state index contributed by atoms with van der Waals surface area (Å²) in [6.07, 6.45) is 15.5. The van der Waals surface area contributed by atoms with E-state index in [0.717, 1.165) is 12.8 Å². The molecule has 4 rings (SSSR count). The van der Waals surface area contributed by atoms with Gasteiger partial charge in [-0.2, -0.15) is 0 Å². The van der Waals surface area contributed by atoms with E-state index in [1.54, 1.807) is 0 Å². The summed E-state index contributed by atoms with van der Waals surface area (Å²) in [7, 11) is 0. The third kappa shape index (κ3) is 6.09. The van der Waals surface area contributed by atoms with Crippen LogP contribution in [0, 0.1) is 5.92 Å². The van der Waals surface area contributed by atoms with Crippen molar-refractivity contribution < 1.29 is 0 Å². The zero-order chi connectivity index (χ0) is 27.1. The van der Waals surface area contributed by atoms with Crippen molar-refractivity contribution in [2.24, 2.45) is 5.92 Å². The Kier molecular flexibility index (Phi) is 13.9. The molecule has 2 aliphatic rings. The number of allylic oxidation sites excluding steroid dienone is 9. The SMILES string of the molecule is C=C/C(=C\C=C/C)C1CC2(CC1c1ccccc1)C(=C/C)/C(=C\C)c1ccccc12.CC.CC.CC. The lowest BCUT2D eigenvalue weighted by Gasteiger charge is -2.28. The molecule has 0 aromatic heterocycles. The fraction of sp³-hybridized carbons (Fsp3) is 0.389. The maximum Gasteiger partial charge on any atom is 0.0223 e. The van der Waals surface area contributed by atoms with Gasteiger partial charge in [-0.05, 0) is 78.9 Å². The highest BCUT2D eigenvalue weighted by atomic mass is 14.6. The van der Waals surface area contributed by atoms with Gasteiger partial charge in [-0.15, -0.1) is 0 Å². The molecule has 0 heteroatoms. The molecule has 0 N–H and O–H groups in total. The smallest absolute Gasteiger partial charge is 0.0223 e. The molecule has 2 aromatic carbocycles. The predicted molar refractivity (Wildman–Crippen MR) is 165 cm³/mol. The van der Waals surface area contributed by atoms with E-state index in [1.165, 1.54) is 33.4 Å². The van der Waals surface area contributed by atoms with E-state index >= 15 is 0 Å². The highest BCUT2D eigenvalue weighted by Crippen LogP contribution is 2.63. The third-order valence-electron chi connectivity index (χ3n) is 7.11. The molecule has 3 atom stereocenters. The molecule has 194 valence electrons. The predicted octanol–water partition coefficient (Wildman–Crippen LogP) is 11.2. The van der Waals surface area contributed by atoms with Crippen LogP contribution in [0.25, 0.3) is 5.57 Å². The largest absolute Gasteiger partial charge is 0.0988 e. The Hall–Kier alpha value is -2.86. The van der Waals surface area contributed by atoms with E-state index in [1.807, 2.05) is 41.5 Å². The van der Waals surface area contributed by atoms with Crippen molar-refractivity contribution in [2.45, 2.75) is 86.5 Å². The zero-order valence-electron chi connectivity index (χ0n) is 24.4. The van der Waals surface area contributed by atoms with E-state index < -0.39 is 0 Å². The molecule has 36 heavy (non-hydrogen) atoms. The molecule has 0 nitrogen and oxygen atoms in total. The first-order valence-electron chi connectivity index (χ1n) is 14.1. The lowest BCUT2D eigenvalue weighted by atomic mass is 9.75. The van der Waals surface area contributed by atoms with Crippen LogP contribution in [0.1, 0.15) is 97.8 Å². The molecule has 0 radical (unpaired) electrons. The Morgan fingerprint density at radius 1 is 0.806 bits per heavy atom. The molecule has 0 heterocycles. The maximum absolute atomic E-state index is 4.19. The minimum absolute atomic E-state index is 0.0659. The van der Waals surface area contributed by atoms with E-state index in [0.29, 0.717) is 11.8 Å². The summed E-state index contributed by atoms with van der Waals surface area (Å²) in [5, 5.41) is 0. The summed E-state index contributed by atoms with van der Waals surface area (Å²) < 4.78 is 0. The van der Waals surface area contributed by atoms with Crippen molar-refractivity contribution in [3.05, 3.63) is 125 Å². The number of hydrogen-bond donors (Lipinski definition) is 0. The average Bonchev–Trinajstić information content (AvgIpc) is 3.49. The lowest BCUT2D eigenvalue weighted by Crippen LogP contribution is -2.22. The molecule has 0 bridgehead atoms. The maximum atomic E-state index is 4.19. The van der Waals surface area contributed by atoms with Gasteiger partial charge in [0.2, 0.25) is 0 Å². The van der Waals surface area contributed by atoms with Crippen molar-refractivity contribution in [1.82, 2.24) is 0 Å². The first-order valence-corrected chi connectivity index (χ1v) is 14.1. The normalized spacial score (nSPS) is 24.4. The molecule has 2 aliphatic carbocycles. The van der Waals surface area contributed by atoms with Crippen LogP contribution in [0.2, 0.25) is 0 Å². The van der Waals surface area contributed by atoms with Crippen LogP contribution in [0.15, 0.2) is 109 Å². The van der Waals surface area contributed by atoms with Crippen LogP contribution in [-0.2, 0) is 5.41 Å². The summed E-state index contributed by atoms with van der Waals surface area (Å²) in [4.78, 5) is 0. The van der Waals surface area contributed by atoms with Gasteiger partial charge in [0.1, 0.15) is 0 Å². The van der Waals surface area contributed by atoms with Crippen molar-refractivity contribution in [1.29, 1.82) is 0 Å². The topological polar surface area (TPSA) is 0 Å². The van der Waals surface area contributed by atoms with Gasteiger partial charge < -0.3 is 0 Å². The number of benzene rings is 2. The summed E-state index contributed by atoms with van der Waals surface area (Å²) in [6.45, 7) is 22.7. The van der Waals surface area contributed by atoms with Gasteiger partial charge in [-0.1, -0.05) is 139 Å². The first-order chi connectivity index (χ1) is 17.7. The van der Waals surface area contributed by atoms with Crippen molar-refractivity contribution in [3.63, 3.8) is 0 Å². The average molecular weight is 483 g/mol. The Morgan fingerprint density at radius 3 is 1.97 bits per heavy atom. The third-order valence-corrected chi connectivity index (χ3v) is 7.11.